The summed E-state index contributed by atoms with van der Waals surface area (Å²) in [5.74, 6) is -0.422. The fourth-order valence-corrected chi connectivity index (χ4v) is 3.41. The fourth-order valence-electron chi connectivity index (χ4n) is 3.41. The van der Waals surface area contributed by atoms with Gasteiger partial charge >= 0.3 is 0 Å². The van der Waals surface area contributed by atoms with Gasteiger partial charge in [0.15, 0.2) is 5.69 Å². The second-order valence-electron chi connectivity index (χ2n) is 7.38. The first-order valence-corrected chi connectivity index (χ1v) is 8.27. The maximum atomic E-state index is 12.6. The minimum atomic E-state index is -0.422. The second-order valence-corrected chi connectivity index (χ2v) is 7.38. The lowest BCUT2D eigenvalue weighted by atomic mass is 9.77. The van der Waals surface area contributed by atoms with E-state index in [2.05, 4.69) is 36.4 Å². The molecule has 6 nitrogen and oxygen atoms in total. The maximum absolute atomic E-state index is 12.6. The number of rotatable bonds is 2. The molecule has 0 atom stereocenters. The molecule has 0 bridgehead atoms. The van der Waals surface area contributed by atoms with Gasteiger partial charge in [-0.15, -0.1) is 0 Å². The summed E-state index contributed by atoms with van der Waals surface area (Å²) in [5.41, 5.74) is 4.77. The lowest BCUT2D eigenvalue weighted by Crippen LogP contribution is -2.29. The van der Waals surface area contributed by atoms with Crippen molar-refractivity contribution in [1.82, 2.24) is 15.2 Å². The summed E-state index contributed by atoms with van der Waals surface area (Å²) in [4.78, 5) is 24.7. The van der Waals surface area contributed by atoms with Crippen molar-refractivity contribution in [3.8, 4) is 0 Å². The van der Waals surface area contributed by atoms with Gasteiger partial charge in [-0.3, -0.25) is 9.59 Å². The standard InChI is InChI=1S/C19H22N4O2/c1-12-9-13(11-19(2,3)10-12)20-21-17(24)16-14-7-5-6-8-15(14)18(25)23(4)22-16/h5-9H,10-11H2,1-4H3,(H,21,24)/b20-13-. The Labute approximate surface area is 146 Å². The van der Waals surface area contributed by atoms with E-state index in [0.29, 0.717) is 10.8 Å². The van der Waals surface area contributed by atoms with Gasteiger partial charge in [0.2, 0.25) is 0 Å². The summed E-state index contributed by atoms with van der Waals surface area (Å²) in [6.45, 7) is 6.44. The summed E-state index contributed by atoms with van der Waals surface area (Å²) in [5, 5.41) is 9.39. The zero-order valence-electron chi connectivity index (χ0n) is 15.0. The van der Waals surface area contributed by atoms with Crippen molar-refractivity contribution in [3.05, 3.63) is 52.0 Å². The molecule has 1 aromatic heterocycles. The highest BCUT2D eigenvalue weighted by Crippen LogP contribution is 2.33. The molecule has 1 aromatic carbocycles. The van der Waals surface area contributed by atoms with Crippen LogP contribution in [0.3, 0.4) is 0 Å². The van der Waals surface area contributed by atoms with Gasteiger partial charge in [0.05, 0.1) is 11.1 Å². The molecule has 1 heterocycles. The van der Waals surface area contributed by atoms with Crippen LogP contribution in [0.1, 0.15) is 44.1 Å². The van der Waals surface area contributed by atoms with Gasteiger partial charge in [0, 0.05) is 12.4 Å². The predicted octanol–water partition coefficient (Wildman–Crippen LogP) is 2.79. The average molecular weight is 338 g/mol. The minimum Gasteiger partial charge on any atom is -0.267 e. The van der Waals surface area contributed by atoms with E-state index in [4.69, 9.17) is 0 Å². The molecular weight excluding hydrogens is 316 g/mol. The van der Waals surface area contributed by atoms with E-state index < -0.39 is 5.91 Å². The Morgan fingerprint density at radius 3 is 2.60 bits per heavy atom. The second kappa shape index (κ2) is 6.27. The number of aromatic nitrogens is 2. The van der Waals surface area contributed by atoms with Crippen LogP contribution in [0.15, 0.2) is 45.8 Å². The van der Waals surface area contributed by atoms with Gasteiger partial charge in [-0.1, -0.05) is 37.6 Å². The van der Waals surface area contributed by atoms with Gasteiger partial charge in [-0.2, -0.15) is 10.2 Å². The van der Waals surface area contributed by atoms with Crippen molar-refractivity contribution in [3.63, 3.8) is 0 Å². The highest BCUT2D eigenvalue weighted by molar-refractivity contribution is 6.05. The Bertz CT molecular complexity index is 967. The van der Waals surface area contributed by atoms with Crippen LogP contribution in [0, 0.1) is 5.41 Å². The fraction of sp³-hybridized carbons (Fsp3) is 0.368. The number of aryl methyl sites for hydroxylation is 1. The number of benzene rings is 1. The van der Waals surface area contributed by atoms with Crippen LogP contribution in [-0.2, 0) is 7.05 Å². The van der Waals surface area contributed by atoms with Crippen molar-refractivity contribution in [2.45, 2.75) is 33.6 Å². The summed E-state index contributed by atoms with van der Waals surface area (Å²) in [7, 11) is 1.53. The Hall–Kier alpha value is -2.76. The largest absolute Gasteiger partial charge is 0.292 e. The van der Waals surface area contributed by atoms with Crippen molar-refractivity contribution in [2.24, 2.45) is 17.6 Å². The Morgan fingerprint density at radius 2 is 1.92 bits per heavy atom. The SMILES string of the molecule is CC1=C/C(=N/NC(=O)c2nn(C)c(=O)c3ccccc23)CC(C)(C)C1. The first-order valence-electron chi connectivity index (χ1n) is 8.27. The zero-order valence-corrected chi connectivity index (χ0v) is 15.0. The van der Waals surface area contributed by atoms with Gasteiger partial charge in [0.25, 0.3) is 11.5 Å². The number of allylic oxidation sites excluding steroid dienone is 2. The van der Waals surface area contributed by atoms with E-state index in [0.717, 1.165) is 18.6 Å². The van der Waals surface area contributed by atoms with Crippen molar-refractivity contribution in [2.75, 3.05) is 0 Å². The van der Waals surface area contributed by atoms with E-state index in [1.54, 1.807) is 24.3 Å². The van der Waals surface area contributed by atoms with Crippen molar-refractivity contribution < 1.29 is 4.79 Å². The summed E-state index contributed by atoms with van der Waals surface area (Å²) < 4.78 is 1.18. The first-order chi connectivity index (χ1) is 11.8. The normalized spacial score (nSPS) is 18.2. The van der Waals surface area contributed by atoms with Crippen LogP contribution in [0.2, 0.25) is 0 Å². The Morgan fingerprint density at radius 1 is 1.24 bits per heavy atom. The number of nitrogens with zero attached hydrogens (tertiary/aromatic N) is 3. The van der Waals surface area contributed by atoms with Crippen LogP contribution in [0.4, 0.5) is 0 Å². The highest BCUT2D eigenvalue weighted by atomic mass is 16.2. The number of hydrazone groups is 1. The lowest BCUT2D eigenvalue weighted by molar-refractivity contribution is 0.0949. The molecule has 130 valence electrons. The van der Waals surface area contributed by atoms with E-state index in [1.807, 2.05) is 6.08 Å². The van der Waals surface area contributed by atoms with E-state index in [-0.39, 0.29) is 16.7 Å². The van der Waals surface area contributed by atoms with Gasteiger partial charge < -0.3 is 0 Å². The van der Waals surface area contributed by atoms with Crippen LogP contribution in [0.25, 0.3) is 10.8 Å². The van der Waals surface area contributed by atoms with Crippen LogP contribution in [-0.4, -0.2) is 21.4 Å². The molecule has 0 radical (unpaired) electrons. The van der Waals surface area contributed by atoms with Crippen molar-refractivity contribution in [1.29, 1.82) is 0 Å². The summed E-state index contributed by atoms with van der Waals surface area (Å²) in [6, 6.07) is 6.96. The monoisotopic (exact) mass is 338 g/mol. The van der Waals surface area contributed by atoms with E-state index in [1.165, 1.54) is 17.3 Å². The molecule has 3 rings (SSSR count). The summed E-state index contributed by atoms with van der Waals surface area (Å²) in [6.07, 6.45) is 3.83. The number of amides is 1. The van der Waals surface area contributed by atoms with Gasteiger partial charge in [0.1, 0.15) is 0 Å². The van der Waals surface area contributed by atoms with Crippen LogP contribution < -0.4 is 11.0 Å². The third-order valence-corrected chi connectivity index (χ3v) is 4.30. The number of nitrogens with one attached hydrogen (secondary N) is 1. The van der Waals surface area contributed by atoms with Crippen LogP contribution in [0.5, 0.6) is 0 Å². The molecule has 1 aliphatic rings. The average Bonchev–Trinajstić information content (AvgIpc) is 2.54. The zero-order chi connectivity index (χ0) is 18.2. The molecule has 1 N–H and O–H groups in total. The van der Waals surface area contributed by atoms with Crippen LogP contribution >= 0.6 is 0 Å². The molecular formula is C19H22N4O2. The predicted molar refractivity (Wildman–Crippen MR) is 98.7 cm³/mol. The number of fused-ring (bicyclic) bond motifs is 1. The number of hydrogen-bond donors (Lipinski definition) is 1. The van der Waals surface area contributed by atoms with E-state index >= 15 is 0 Å². The molecule has 1 aliphatic carbocycles. The molecule has 0 aliphatic heterocycles. The molecule has 25 heavy (non-hydrogen) atoms. The highest BCUT2D eigenvalue weighted by Gasteiger charge is 2.25. The lowest BCUT2D eigenvalue weighted by Gasteiger charge is -2.29. The number of hydrogen-bond acceptors (Lipinski definition) is 4. The smallest absolute Gasteiger partial charge is 0.267 e. The molecule has 6 heteroatoms. The van der Waals surface area contributed by atoms with Crippen molar-refractivity contribution >= 4 is 22.4 Å². The maximum Gasteiger partial charge on any atom is 0.292 e. The first kappa shape index (κ1) is 17.1. The number of carbonyl (C=O) groups excluding carboxylic acids is 1. The molecule has 1 amide bonds. The molecule has 0 fully saturated rings. The minimum absolute atomic E-state index is 0.129. The molecule has 0 saturated carbocycles. The molecule has 0 saturated heterocycles. The van der Waals surface area contributed by atoms with E-state index in [9.17, 15) is 9.59 Å². The topological polar surface area (TPSA) is 76.3 Å². The quantitative estimate of drug-likeness (QED) is 0.856. The Balaban J connectivity index is 1.94. The number of carbonyl (C=O) groups is 1. The summed E-state index contributed by atoms with van der Waals surface area (Å²) >= 11 is 0. The third-order valence-electron chi connectivity index (χ3n) is 4.30. The third kappa shape index (κ3) is 3.52. The van der Waals surface area contributed by atoms with Gasteiger partial charge in [-0.25, -0.2) is 10.1 Å². The Kier molecular flexibility index (Phi) is 4.29. The molecule has 0 unspecified atom stereocenters. The molecule has 2 aromatic rings. The van der Waals surface area contributed by atoms with Gasteiger partial charge in [-0.05, 0) is 37.3 Å². The molecule has 0 spiro atoms.